The molecule has 2 N–H and O–H groups in total. The lowest BCUT2D eigenvalue weighted by molar-refractivity contribution is -0.132. The van der Waals surface area contributed by atoms with Crippen LogP contribution in [0.3, 0.4) is 0 Å². The minimum atomic E-state index is 0.266. The maximum absolute atomic E-state index is 12.2. The standard InChI is InChI=1S/C16H34N4O/c1-4-15(8-9-17)20-11-7-10-18(12-13-20)14-16(21)19(5-2)6-3/h15H,4-14,17H2,1-3H3. The van der Waals surface area contributed by atoms with E-state index in [1.165, 1.54) is 0 Å². The zero-order valence-electron chi connectivity index (χ0n) is 14.2. The number of hydrogen-bond acceptors (Lipinski definition) is 4. The van der Waals surface area contributed by atoms with Crippen LogP contribution in [-0.2, 0) is 4.79 Å². The van der Waals surface area contributed by atoms with Crippen molar-refractivity contribution in [2.75, 3.05) is 52.4 Å². The molecule has 1 amide bonds. The zero-order chi connectivity index (χ0) is 15.7. The Kier molecular flexibility index (Phi) is 8.88. The second kappa shape index (κ2) is 10.1. The smallest absolute Gasteiger partial charge is 0.236 e. The topological polar surface area (TPSA) is 52.8 Å². The molecule has 0 bridgehead atoms. The first kappa shape index (κ1) is 18.4. The number of nitrogens with zero attached hydrogens (tertiary/aromatic N) is 3. The number of nitrogens with two attached hydrogens (primary N) is 1. The van der Waals surface area contributed by atoms with Crippen LogP contribution < -0.4 is 5.73 Å². The summed E-state index contributed by atoms with van der Waals surface area (Å²) in [5.41, 5.74) is 5.72. The fraction of sp³-hybridized carbons (Fsp3) is 0.938. The Bertz CT molecular complexity index is 294. The highest BCUT2D eigenvalue weighted by atomic mass is 16.2. The molecule has 1 heterocycles. The molecule has 21 heavy (non-hydrogen) atoms. The Morgan fingerprint density at radius 1 is 1.14 bits per heavy atom. The summed E-state index contributed by atoms with van der Waals surface area (Å²) in [5.74, 6) is 0.266. The first-order chi connectivity index (χ1) is 10.2. The summed E-state index contributed by atoms with van der Waals surface area (Å²) in [7, 11) is 0. The van der Waals surface area contributed by atoms with Gasteiger partial charge in [0.15, 0.2) is 0 Å². The molecule has 0 saturated carbocycles. The normalized spacial score (nSPS) is 19.2. The van der Waals surface area contributed by atoms with E-state index in [0.29, 0.717) is 12.6 Å². The van der Waals surface area contributed by atoms with Crippen LogP contribution in [0.1, 0.15) is 40.0 Å². The van der Waals surface area contributed by atoms with Crippen molar-refractivity contribution in [3.63, 3.8) is 0 Å². The lowest BCUT2D eigenvalue weighted by Crippen LogP contribution is -2.42. The van der Waals surface area contributed by atoms with Gasteiger partial charge in [0.25, 0.3) is 0 Å². The van der Waals surface area contributed by atoms with Crippen molar-refractivity contribution in [3.8, 4) is 0 Å². The van der Waals surface area contributed by atoms with Crippen LogP contribution >= 0.6 is 0 Å². The highest BCUT2D eigenvalue weighted by Crippen LogP contribution is 2.12. The molecule has 0 aromatic heterocycles. The molecule has 5 nitrogen and oxygen atoms in total. The monoisotopic (exact) mass is 298 g/mol. The van der Waals surface area contributed by atoms with E-state index in [1.807, 2.05) is 18.7 Å². The molecule has 1 fully saturated rings. The van der Waals surface area contributed by atoms with E-state index >= 15 is 0 Å². The van der Waals surface area contributed by atoms with E-state index in [1.54, 1.807) is 0 Å². The summed E-state index contributed by atoms with van der Waals surface area (Å²) in [5, 5.41) is 0. The SMILES string of the molecule is CCC(CCN)N1CCCN(CC(=O)N(CC)CC)CC1. The summed E-state index contributed by atoms with van der Waals surface area (Å²) in [6, 6.07) is 0.605. The van der Waals surface area contributed by atoms with Crippen LogP contribution in [0.15, 0.2) is 0 Å². The Morgan fingerprint density at radius 2 is 1.86 bits per heavy atom. The van der Waals surface area contributed by atoms with Gasteiger partial charge < -0.3 is 10.6 Å². The van der Waals surface area contributed by atoms with Crippen LogP contribution in [0.4, 0.5) is 0 Å². The third kappa shape index (κ3) is 5.93. The van der Waals surface area contributed by atoms with Gasteiger partial charge in [-0.1, -0.05) is 6.92 Å². The van der Waals surface area contributed by atoms with Crippen LogP contribution in [-0.4, -0.2) is 79.0 Å². The summed E-state index contributed by atoms with van der Waals surface area (Å²) in [4.78, 5) is 19.0. The van der Waals surface area contributed by atoms with E-state index in [2.05, 4.69) is 16.7 Å². The number of carbonyl (C=O) groups excluding carboxylic acids is 1. The van der Waals surface area contributed by atoms with Gasteiger partial charge in [-0.15, -0.1) is 0 Å². The summed E-state index contributed by atoms with van der Waals surface area (Å²) in [6.45, 7) is 13.5. The van der Waals surface area contributed by atoms with Crippen LogP contribution in [0.2, 0.25) is 0 Å². The number of hydrogen-bond donors (Lipinski definition) is 1. The van der Waals surface area contributed by atoms with Crippen molar-refractivity contribution < 1.29 is 4.79 Å². The van der Waals surface area contributed by atoms with E-state index in [0.717, 1.165) is 65.1 Å². The summed E-state index contributed by atoms with van der Waals surface area (Å²) in [6.07, 6.45) is 3.39. The van der Waals surface area contributed by atoms with Crippen molar-refractivity contribution in [3.05, 3.63) is 0 Å². The zero-order valence-corrected chi connectivity index (χ0v) is 14.2. The van der Waals surface area contributed by atoms with Gasteiger partial charge in [-0.3, -0.25) is 14.6 Å². The average Bonchev–Trinajstić information content (AvgIpc) is 2.71. The number of carbonyl (C=O) groups is 1. The highest BCUT2D eigenvalue weighted by Gasteiger charge is 2.22. The van der Waals surface area contributed by atoms with Crippen LogP contribution in [0.5, 0.6) is 0 Å². The molecule has 0 aliphatic carbocycles. The van der Waals surface area contributed by atoms with Crippen molar-refractivity contribution in [1.82, 2.24) is 14.7 Å². The Labute approximate surface area is 130 Å². The van der Waals surface area contributed by atoms with Crippen LogP contribution in [0.25, 0.3) is 0 Å². The van der Waals surface area contributed by atoms with Gasteiger partial charge in [-0.25, -0.2) is 0 Å². The summed E-state index contributed by atoms with van der Waals surface area (Å²) >= 11 is 0. The molecular formula is C16H34N4O. The molecule has 1 saturated heterocycles. The predicted molar refractivity (Wildman–Crippen MR) is 88.3 cm³/mol. The summed E-state index contributed by atoms with van der Waals surface area (Å²) < 4.78 is 0. The molecule has 1 unspecified atom stereocenters. The van der Waals surface area contributed by atoms with Gasteiger partial charge in [0, 0.05) is 32.2 Å². The highest BCUT2D eigenvalue weighted by molar-refractivity contribution is 5.78. The Morgan fingerprint density at radius 3 is 2.43 bits per heavy atom. The van der Waals surface area contributed by atoms with Crippen molar-refractivity contribution in [1.29, 1.82) is 0 Å². The Hall–Kier alpha value is -0.650. The van der Waals surface area contributed by atoms with Gasteiger partial charge in [-0.2, -0.15) is 0 Å². The van der Waals surface area contributed by atoms with Gasteiger partial charge in [-0.05, 0) is 52.7 Å². The lowest BCUT2D eigenvalue weighted by Gasteiger charge is -2.30. The molecule has 0 aromatic carbocycles. The molecule has 1 aliphatic heterocycles. The molecular weight excluding hydrogens is 264 g/mol. The van der Waals surface area contributed by atoms with E-state index < -0.39 is 0 Å². The largest absolute Gasteiger partial charge is 0.342 e. The van der Waals surface area contributed by atoms with Gasteiger partial charge in [0.05, 0.1) is 6.54 Å². The third-order valence-electron chi connectivity index (χ3n) is 4.59. The molecule has 124 valence electrons. The van der Waals surface area contributed by atoms with Crippen molar-refractivity contribution in [2.45, 2.75) is 46.1 Å². The van der Waals surface area contributed by atoms with E-state index in [9.17, 15) is 4.79 Å². The quantitative estimate of drug-likeness (QED) is 0.726. The molecule has 1 atom stereocenters. The maximum Gasteiger partial charge on any atom is 0.236 e. The minimum absolute atomic E-state index is 0.266. The minimum Gasteiger partial charge on any atom is -0.342 e. The average molecular weight is 298 g/mol. The van der Waals surface area contributed by atoms with Gasteiger partial charge >= 0.3 is 0 Å². The fourth-order valence-corrected chi connectivity index (χ4v) is 3.22. The second-order valence-electron chi connectivity index (χ2n) is 5.87. The number of likely N-dealkylation sites (N-methyl/N-ethyl adjacent to an activating group) is 1. The first-order valence-electron chi connectivity index (χ1n) is 8.60. The molecule has 0 spiro atoms. The molecule has 5 heteroatoms. The van der Waals surface area contributed by atoms with Gasteiger partial charge in [0.2, 0.25) is 5.91 Å². The molecule has 1 rings (SSSR count). The Balaban J connectivity index is 2.46. The van der Waals surface area contributed by atoms with Crippen LogP contribution in [0, 0.1) is 0 Å². The molecule has 1 aliphatic rings. The maximum atomic E-state index is 12.2. The van der Waals surface area contributed by atoms with E-state index in [-0.39, 0.29) is 5.91 Å². The molecule has 0 aromatic rings. The fourth-order valence-electron chi connectivity index (χ4n) is 3.22. The number of rotatable bonds is 8. The van der Waals surface area contributed by atoms with Crippen molar-refractivity contribution >= 4 is 5.91 Å². The first-order valence-corrected chi connectivity index (χ1v) is 8.60. The predicted octanol–water partition coefficient (Wildman–Crippen LogP) is 0.990. The number of amides is 1. The lowest BCUT2D eigenvalue weighted by atomic mass is 10.1. The second-order valence-corrected chi connectivity index (χ2v) is 5.87. The third-order valence-corrected chi connectivity index (χ3v) is 4.59. The van der Waals surface area contributed by atoms with Gasteiger partial charge in [0.1, 0.15) is 0 Å². The van der Waals surface area contributed by atoms with Crippen molar-refractivity contribution in [2.24, 2.45) is 5.73 Å². The van der Waals surface area contributed by atoms with E-state index in [4.69, 9.17) is 5.73 Å². The molecule has 0 radical (unpaired) electrons.